The molecule has 0 atom stereocenters. The number of carbonyl (C=O) groups is 1. The average molecular weight is 414 g/mol. The maximum Gasteiger partial charge on any atom is 0.225 e. The number of nitrogens with zero attached hydrogens (tertiary/aromatic N) is 4. The summed E-state index contributed by atoms with van der Waals surface area (Å²) >= 11 is 3.08. The number of hydrogen-bond donors (Lipinski definition) is 1. The van der Waals surface area contributed by atoms with Crippen LogP contribution in [0.2, 0.25) is 0 Å². The van der Waals surface area contributed by atoms with Crippen molar-refractivity contribution in [2.24, 2.45) is 0 Å². The number of nitrogens with one attached hydrogen (secondary N) is 1. The maximum absolute atomic E-state index is 12.3. The third-order valence-corrected chi connectivity index (χ3v) is 5.90. The second kappa shape index (κ2) is 9.75. The van der Waals surface area contributed by atoms with E-state index in [1.54, 1.807) is 16.4 Å². The minimum atomic E-state index is -0.0192. The van der Waals surface area contributed by atoms with Crippen LogP contribution in [0.4, 0.5) is 5.69 Å². The zero-order chi connectivity index (χ0) is 19.9. The van der Waals surface area contributed by atoms with Gasteiger partial charge in [-0.2, -0.15) is 4.68 Å². The van der Waals surface area contributed by atoms with Crippen LogP contribution in [-0.2, 0) is 4.79 Å². The van der Waals surface area contributed by atoms with Crippen molar-refractivity contribution in [3.05, 3.63) is 54.1 Å². The predicted molar refractivity (Wildman–Crippen MR) is 115 cm³/mol. The second-order valence-electron chi connectivity index (χ2n) is 6.47. The van der Waals surface area contributed by atoms with Crippen LogP contribution >= 0.6 is 23.5 Å². The van der Waals surface area contributed by atoms with Crippen LogP contribution < -0.4 is 5.32 Å². The van der Waals surface area contributed by atoms with Crippen LogP contribution in [-0.4, -0.2) is 38.1 Å². The summed E-state index contributed by atoms with van der Waals surface area (Å²) < 4.78 is 1.70. The van der Waals surface area contributed by atoms with E-state index >= 15 is 0 Å². The molecule has 146 valence electrons. The van der Waals surface area contributed by atoms with E-state index < -0.39 is 0 Å². The molecule has 3 aromatic rings. The molecule has 0 aliphatic rings. The van der Waals surface area contributed by atoms with Crippen molar-refractivity contribution in [2.45, 2.75) is 36.2 Å². The molecule has 0 radical (unpaired) electrons. The molecule has 0 aliphatic carbocycles. The topological polar surface area (TPSA) is 72.7 Å². The number of amides is 1. The lowest BCUT2D eigenvalue weighted by molar-refractivity contribution is -0.115. The Morgan fingerprint density at radius 3 is 2.61 bits per heavy atom. The first kappa shape index (κ1) is 20.4. The molecule has 6 nitrogen and oxygen atoms in total. The van der Waals surface area contributed by atoms with E-state index in [2.05, 4.69) is 46.8 Å². The highest BCUT2D eigenvalue weighted by Gasteiger charge is 2.11. The molecule has 28 heavy (non-hydrogen) atoms. The largest absolute Gasteiger partial charge is 0.325 e. The smallest absolute Gasteiger partial charge is 0.225 e. The number of para-hydroxylation sites is 1. The molecule has 0 fully saturated rings. The fraction of sp³-hybridized carbons (Fsp3) is 0.300. The van der Waals surface area contributed by atoms with Crippen LogP contribution in [0.5, 0.6) is 0 Å². The lowest BCUT2D eigenvalue weighted by atomic mass is 10.0. The second-order valence-corrected chi connectivity index (χ2v) is 8.38. The highest BCUT2D eigenvalue weighted by atomic mass is 32.2. The van der Waals surface area contributed by atoms with E-state index in [-0.39, 0.29) is 5.91 Å². The molecule has 3 rings (SSSR count). The number of hydrogen-bond acceptors (Lipinski definition) is 6. The summed E-state index contributed by atoms with van der Waals surface area (Å²) in [5.41, 5.74) is 3.03. The number of carbonyl (C=O) groups excluding carboxylic acids is 1. The highest BCUT2D eigenvalue weighted by molar-refractivity contribution is 7.99. The number of anilines is 1. The van der Waals surface area contributed by atoms with Gasteiger partial charge in [-0.15, -0.1) is 16.9 Å². The molecule has 1 amide bonds. The van der Waals surface area contributed by atoms with Crippen molar-refractivity contribution >= 4 is 35.1 Å². The molecule has 0 spiro atoms. The first-order chi connectivity index (χ1) is 13.6. The minimum absolute atomic E-state index is 0.0192. The Labute approximate surface area is 173 Å². The number of tetrazole rings is 1. The molecule has 1 N–H and O–H groups in total. The van der Waals surface area contributed by atoms with E-state index in [1.165, 1.54) is 17.3 Å². The van der Waals surface area contributed by atoms with Gasteiger partial charge in [0.15, 0.2) is 0 Å². The molecular weight excluding hydrogens is 390 g/mol. The minimum Gasteiger partial charge on any atom is -0.325 e. The Morgan fingerprint density at radius 1 is 1.14 bits per heavy atom. The number of aromatic nitrogens is 4. The Bertz CT molecular complexity index is 924. The third kappa shape index (κ3) is 5.14. The van der Waals surface area contributed by atoms with Crippen molar-refractivity contribution in [3.63, 3.8) is 0 Å². The van der Waals surface area contributed by atoms with Gasteiger partial charge in [0.05, 0.1) is 11.4 Å². The van der Waals surface area contributed by atoms with E-state index in [4.69, 9.17) is 0 Å². The van der Waals surface area contributed by atoms with Crippen LogP contribution in [0.3, 0.4) is 0 Å². The average Bonchev–Trinajstić information content (AvgIpc) is 3.17. The van der Waals surface area contributed by atoms with Crippen molar-refractivity contribution in [2.75, 3.05) is 17.3 Å². The Balaban J connectivity index is 1.57. The number of rotatable bonds is 8. The lowest BCUT2D eigenvalue weighted by Gasteiger charge is -2.09. The number of thioether (sulfide) groups is 2. The summed E-state index contributed by atoms with van der Waals surface area (Å²) in [5, 5.41) is 15.6. The van der Waals surface area contributed by atoms with Gasteiger partial charge in [-0.3, -0.25) is 4.79 Å². The van der Waals surface area contributed by atoms with Gasteiger partial charge < -0.3 is 5.32 Å². The molecule has 0 aliphatic heterocycles. The molecule has 2 aromatic carbocycles. The number of benzene rings is 2. The summed E-state index contributed by atoms with van der Waals surface area (Å²) in [7, 11) is 0. The summed E-state index contributed by atoms with van der Waals surface area (Å²) in [4.78, 5) is 13.3. The summed E-state index contributed by atoms with van der Waals surface area (Å²) in [6, 6.07) is 16.0. The summed E-state index contributed by atoms with van der Waals surface area (Å²) in [6.07, 6.45) is 2.38. The van der Waals surface area contributed by atoms with Gasteiger partial charge in [0.25, 0.3) is 0 Å². The molecule has 0 saturated heterocycles. The van der Waals surface area contributed by atoms with Gasteiger partial charge in [0.1, 0.15) is 0 Å². The zero-order valence-electron chi connectivity index (χ0n) is 16.1. The Morgan fingerprint density at radius 2 is 1.89 bits per heavy atom. The molecule has 0 unspecified atom stereocenters. The van der Waals surface area contributed by atoms with Gasteiger partial charge in [-0.1, -0.05) is 49.9 Å². The molecule has 8 heteroatoms. The summed E-state index contributed by atoms with van der Waals surface area (Å²) in [6.45, 7) is 4.33. The van der Waals surface area contributed by atoms with Gasteiger partial charge in [-0.25, -0.2) is 0 Å². The van der Waals surface area contributed by atoms with Crippen LogP contribution in [0, 0.1) is 0 Å². The third-order valence-electron chi connectivity index (χ3n) is 4.19. The standard InChI is InChI=1S/C20H23N5OS2/c1-14(2)15-8-10-16(11-9-15)25-20(22-23-24-25)28-13-12-19(26)21-17-6-4-5-7-18(17)27-3/h4-11,14H,12-13H2,1-3H3,(H,21,26). The predicted octanol–water partition coefficient (Wildman–Crippen LogP) is 4.63. The maximum atomic E-state index is 12.3. The fourth-order valence-electron chi connectivity index (χ4n) is 2.63. The fourth-order valence-corrected chi connectivity index (χ4v) is 4.01. The van der Waals surface area contributed by atoms with Crippen LogP contribution in [0.15, 0.2) is 58.6 Å². The van der Waals surface area contributed by atoms with Crippen LogP contribution in [0.1, 0.15) is 31.7 Å². The first-order valence-corrected chi connectivity index (χ1v) is 11.2. The van der Waals surface area contributed by atoms with Gasteiger partial charge in [0, 0.05) is 17.1 Å². The molecular formula is C20H23N5OS2. The Hall–Kier alpha value is -2.32. The molecule has 0 bridgehead atoms. The van der Waals surface area contributed by atoms with Gasteiger partial charge >= 0.3 is 0 Å². The van der Waals surface area contributed by atoms with Crippen LogP contribution in [0.25, 0.3) is 5.69 Å². The van der Waals surface area contributed by atoms with E-state index in [0.29, 0.717) is 23.2 Å². The monoisotopic (exact) mass is 413 g/mol. The van der Waals surface area contributed by atoms with E-state index in [1.807, 2.05) is 42.7 Å². The van der Waals surface area contributed by atoms with Crippen molar-refractivity contribution in [3.8, 4) is 5.69 Å². The normalized spacial score (nSPS) is 11.0. The van der Waals surface area contributed by atoms with Crippen molar-refractivity contribution in [1.29, 1.82) is 0 Å². The lowest BCUT2D eigenvalue weighted by Crippen LogP contribution is -2.13. The summed E-state index contributed by atoms with van der Waals surface area (Å²) in [5.74, 6) is 1.05. The first-order valence-electron chi connectivity index (χ1n) is 9.03. The van der Waals surface area contributed by atoms with Gasteiger partial charge in [0.2, 0.25) is 11.1 Å². The molecule has 0 saturated carbocycles. The van der Waals surface area contributed by atoms with E-state index in [9.17, 15) is 4.79 Å². The quantitative estimate of drug-likeness (QED) is 0.543. The molecule has 1 heterocycles. The van der Waals surface area contributed by atoms with Crippen molar-refractivity contribution in [1.82, 2.24) is 20.2 Å². The highest BCUT2D eigenvalue weighted by Crippen LogP contribution is 2.25. The zero-order valence-corrected chi connectivity index (χ0v) is 17.8. The Kier molecular flexibility index (Phi) is 7.11. The van der Waals surface area contributed by atoms with Crippen molar-refractivity contribution < 1.29 is 4.79 Å². The van der Waals surface area contributed by atoms with Gasteiger partial charge in [-0.05, 0) is 52.4 Å². The molecule has 1 aromatic heterocycles. The SMILES string of the molecule is CSc1ccccc1NC(=O)CCSc1nnnn1-c1ccc(C(C)C)cc1. The van der Waals surface area contributed by atoms with E-state index in [0.717, 1.165) is 16.3 Å².